The van der Waals surface area contributed by atoms with Crippen LogP contribution in [0.3, 0.4) is 0 Å². The molecule has 1 aliphatic heterocycles. The summed E-state index contributed by atoms with van der Waals surface area (Å²) in [7, 11) is -4.25. The Morgan fingerprint density at radius 2 is 1.97 bits per heavy atom. The van der Waals surface area contributed by atoms with Crippen LogP contribution in [0.15, 0.2) is 75.8 Å². The number of aromatic nitrogens is 3. The van der Waals surface area contributed by atoms with E-state index in [9.17, 15) is 14.2 Å². The number of hydrogen-bond acceptors (Lipinski definition) is 9. The molecular formula is C21H21N6O7P. The summed E-state index contributed by atoms with van der Waals surface area (Å²) in [6.07, 6.45) is 2.61. The number of aryl methyl sites for hydroxylation is 1. The molecule has 0 radical (unpaired) electrons. The molecule has 13 nitrogen and oxygen atoms in total. The van der Waals surface area contributed by atoms with Crippen LogP contribution in [-0.4, -0.2) is 33.3 Å². The van der Waals surface area contributed by atoms with Crippen molar-refractivity contribution in [1.29, 1.82) is 0 Å². The highest BCUT2D eigenvalue weighted by atomic mass is 31.2. The summed E-state index contributed by atoms with van der Waals surface area (Å²) in [5.41, 5.74) is 8.11. The summed E-state index contributed by atoms with van der Waals surface area (Å²) >= 11 is 0. The Hall–Kier alpha value is -3.89. The Kier molecular flexibility index (Phi) is 7.33. The summed E-state index contributed by atoms with van der Waals surface area (Å²) in [5, 5.41) is 3.73. The average molecular weight is 500 g/mol. The van der Waals surface area contributed by atoms with E-state index < -0.39 is 37.4 Å². The Balaban J connectivity index is 1.55. The van der Waals surface area contributed by atoms with Gasteiger partial charge in [-0.25, -0.2) is 9.36 Å². The van der Waals surface area contributed by atoms with Gasteiger partial charge in [-0.2, -0.15) is 0 Å². The number of aromatic amines is 1. The average Bonchev–Trinajstić information content (AvgIpc) is 3.24. The number of rotatable bonds is 9. The van der Waals surface area contributed by atoms with Crippen molar-refractivity contribution in [3.8, 4) is 11.5 Å². The number of azide groups is 1. The van der Waals surface area contributed by atoms with Gasteiger partial charge in [0.15, 0.2) is 5.75 Å². The zero-order valence-corrected chi connectivity index (χ0v) is 19.4. The first-order valence-corrected chi connectivity index (χ1v) is 11.9. The van der Waals surface area contributed by atoms with Gasteiger partial charge in [0.05, 0.1) is 24.9 Å². The van der Waals surface area contributed by atoms with Crippen LogP contribution in [0.4, 0.5) is 0 Å². The van der Waals surface area contributed by atoms with Crippen LogP contribution in [0.1, 0.15) is 18.2 Å². The predicted molar refractivity (Wildman–Crippen MR) is 123 cm³/mol. The monoisotopic (exact) mass is 500 g/mol. The molecule has 182 valence electrons. The van der Waals surface area contributed by atoms with Crippen molar-refractivity contribution in [3.05, 3.63) is 97.9 Å². The van der Waals surface area contributed by atoms with Crippen LogP contribution in [-0.2, 0) is 13.8 Å². The van der Waals surface area contributed by atoms with E-state index in [4.69, 9.17) is 23.8 Å². The summed E-state index contributed by atoms with van der Waals surface area (Å²) < 4.78 is 37.3. The molecule has 0 bridgehead atoms. The molecule has 0 saturated carbocycles. The molecule has 35 heavy (non-hydrogen) atoms. The molecule has 14 heteroatoms. The highest BCUT2D eigenvalue weighted by molar-refractivity contribution is 7.49. The number of ether oxygens (including phenoxy) is 1. The van der Waals surface area contributed by atoms with Gasteiger partial charge in [-0.1, -0.05) is 23.3 Å². The van der Waals surface area contributed by atoms with Gasteiger partial charge >= 0.3 is 13.5 Å². The largest absolute Gasteiger partial charge is 0.587 e. The minimum atomic E-state index is -4.25. The van der Waals surface area contributed by atoms with Gasteiger partial charge in [-0.15, -0.1) is 0 Å². The minimum Gasteiger partial charge on any atom is -0.395 e. The molecule has 1 fully saturated rings. The quantitative estimate of drug-likeness (QED) is 0.201. The van der Waals surface area contributed by atoms with E-state index in [2.05, 4.69) is 20.0 Å². The molecule has 1 aromatic carbocycles. The fraction of sp³-hybridized carbons (Fsp3) is 0.286. The lowest BCUT2D eigenvalue weighted by Gasteiger charge is -2.22. The predicted octanol–water partition coefficient (Wildman–Crippen LogP) is 3.49. The van der Waals surface area contributed by atoms with Gasteiger partial charge in [0.1, 0.15) is 12.0 Å². The number of nitrogens with one attached hydrogen (secondary N) is 1. The van der Waals surface area contributed by atoms with Crippen molar-refractivity contribution < 1.29 is 22.9 Å². The highest BCUT2D eigenvalue weighted by Gasteiger charge is 2.40. The maximum Gasteiger partial charge on any atom is 0.587 e. The molecule has 1 N–H and O–H groups in total. The third-order valence-electron chi connectivity index (χ3n) is 5.07. The molecule has 0 amide bonds. The first kappa shape index (κ1) is 24.2. The molecule has 1 unspecified atom stereocenters. The van der Waals surface area contributed by atoms with Gasteiger partial charge in [-0.3, -0.25) is 23.9 Å². The van der Waals surface area contributed by atoms with Crippen LogP contribution < -0.4 is 20.3 Å². The Labute approximate surface area is 198 Å². The first-order chi connectivity index (χ1) is 16.9. The number of nitrogens with zero attached hydrogens (tertiary/aromatic N) is 5. The number of H-pyrrole nitrogens is 1. The van der Waals surface area contributed by atoms with E-state index in [0.717, 1.165) is 0 Å². The van der Waals surface area contributed by atoms with Gasteiger partial charge in [0, 0.05) is 29.3 Å². The molecule has 2 aromatic heterocycles. The summed E-state index contributed by atoms with van der Waals surface area (Å²) in [6.45, 7) is 1.20. The SMILES string of the molecule is Cc1cn([C@H]2C[C@H](N=[N+]=[N-])[C@@H](COP(=O)(Oc3ccccc3)Oc3cccnc3)O2)c(=O)[nH]c1=O. The van der Waals surface area contributed by atoms with E-state index >= 15 is 0 Å². The maximum absolute atomic E-state index is 13.5. The van der Waals surface area contributed by atoms with Gasteiger partial charge < -0.3 is 13.8 Å². The van der Waals surface area contributed by atoms with E-state index in [0.29, 0.717) is 5.56 Å². The van der Waals surface area contributed by atoms with Crippen molar-refractivity contribution >= 4 is 7.82 Å². The summed E-state index contributed by atoms with van der Waals surface area (Å²) in [6, 6.07) is 10.7. The van der Waals surface area contributed by atoms with E-state index in [1.807, 2.05) is 0 Å². The molecular weight excluding hydrogens is 479 g/mol. The van der Waals surface area contributed by atoms with Crippen molar-refractivity contribution in [3.63, 3.8) is 0 Å². The zero-order chi connectivity index (χ0) is 24.8. The van der Waals surface area contributed by atoms with Crippen LogP contribution >= 0.6 is 7.82 Å². The Morgan fingerprint density at radius 1 is 1.23 bits per heavy atom. The second kappa shape index (κ2) is 10.6. The fourth-order valence-electron chi connectivity index (χ4n) is 3.40. The number of benzene rings is 1. The number of phosphoric ester groups is 1. The van der Waals surface area contributed by atoms with Crippen LogP contribution in [0.25, 0.3) is 10.4 Å². The molecule has 0 spiro atoms. The number of pyridine rings is 1. The van der Waals surface area contributed by atoms with E-state index in [1.54, 1.807) is 43.3 Å². The number of para-hydroxylation sites is 1. The molecule has 0 aliphatic carbocycles. The third-order valence-corrected chi connectivity index (χ3v) is 6.40. The first-order valence-electron chi connectivity index (χ1n) is 10.5. The minimum absolute atomic E-state index is 0.122. The van der Waals surface area contributed by atoms with Crippen molar-refractivity contribution in [2.24, 2.45) is 5.11 Å². The lowest BCUT2D eigenvalue weighted by atomic mass is 10.1. The second-order valence-electron chi connectivity index (χ2n) is 7.54. The van der Waals surface area contributed by atoms with Crippen molar-refractivity contribution in [2.45, 2.75) is 31.7 Å². The summed E-state index contributed by atoms with van der Waals surface area (Å²) in [4.78, 5) is 32.9. The highest BCUT2D eigenvalue weighted by Crippen LogP contribution is 2.50. The number of hydrogen-bond donors (Lipinski definition) is 1. The molecule has 3 heterocycles. The molecule has 3 aromatic rings. The maximum atomic E-state index is 13.5. The van der Waals surface area contributed by atoms with Gasteiger partial charge in [0.2, 0.25) is 0 Å². The van der Waals surface area contributed by atoms with Gasteiger partial charge in [-0.05, 0) is 36.7 Å². The number of phosphoric acid groups is 1. The topological polar surface area (TPSA) is 170 Å². The van der Waals surface area contributed by atoms with Crippen molar-refractivity contribution in [1.82, 2.24) is 14.5 Å². The second-order valence-corrected chi connectivity index (χ2v) is 9.06. The molecule has 4 atom stereocenters. The van der Waals surface area contributed by atoms with Gasteiger partial charge in [0.25, 0.3) is 5.56 Å². The third kappa shape index (κ3) is 5.97. The Bertz CT molecular complexity index is 1330. The lowest BCUT2D eigenvalue weighted by Crippen LogP contribution is -2.33. The molecule has 4 rings (SSSR count). The Morgan fingerprint density at radius 3 is 2.69 bits per heavy atom. The normalized spacial score (nSPS) is 21.0. The van der Waals surface area contributed by atoms with Crippen LogP contribution in [0.5, 0.6) is 11.5 Å². The fourth-order valence-corrected chi connectivity index (χ4v) is 4.62. The smallest absolute Gasteiger partial charge is 0.395 e. The lowest BCUT2D eigenvalue weighted by molar-refractivity contribution is -0.0260. The molecule has 1 saturated heterocycles. The summed E-state index contributed by atoms with van der Waals surface area (Å²) in [5.74, 6) is 0.394. The molecule has 1 aliphatic rings. The van der Waals surface area contributed by atoms with Crippen LogP contribution in [0.2, 0.25) is 0 Å². The van der Waals surface area contributed by atoms with Crippen LogP contribution in [0, 0.1) is 6.92 Å². The standard InChI is InChI=1S/C21H21N6O7P/c1-14-12-27(21(29)24-20(14)28)19-10-17(25-26-22)18(32-19)13-31-35(30,33-15-6-3-2-4-7-15)34-16-8-5-9-23-11-16/h2-9,11-12,17-19H,10,13H2,1H3,(H,24,28,29)/t17-,18+,19+,35?/m0/s1. The van der Waals surface area contributed by atoms with E-state index in [1.165, 1.54) is 29.2 Å². The zero-order valence-electron chi connectivity index (χ0n) is 18.5. The van der Waals surface area contributed by atoms with Crippen molar-refractivity contribution in [2.75, 3.05) is 6.61 Å². The van der Waals surface area contributed by atoms with E-state index in [-0.39, 0.29) is 24.5 Å².